The Morgan fingerprint density at radius 2 is 2.06 bits per heavy atom. The van der Waals surface area contributed by atoms with E-state index in [-0.39, 0.29) is 5.54 Å². The lowest BCUT2D eigenvalue weighted by atomic mass is 9.84. The Balaban J connectivity index is 1.99. The van der Waals surface area contributed by atoms with Crippen molar-refractivity contribution < 1.29 is 0 Å². The Bertz CT molecular complexity index is 277. The van der Waals surface area contributed by atoms with Gasteiger partial charge < -0.3 is 4.90 Å². The summed E-state index contributed by atoms with van der Waals surface area (Å²) < 4.78 is 0. The van der Waals surface area contributed by atoms with Gasteiger partial charge in [-0.05, 0) is 39.7 Å². The summed E-state index contributed by atoms with van der Waals surface area (Å²) in [5, 5.41) is 13.1. The first-order valence-electron chi connectivity index (χ1n) is 6.54. The maximum atomic E-state index is 9.47. The lowest BCUT2D eigenvalue weighted by Crippen LogP contribution is -2.57. The molecule has 1 aliphatic carbocycles. The van der Waals surface area contributed by atoms with Crippen molar-refractivity contribution >= 4 is 0 Å². The summed E-state index contributed by atoms with van der Waals surface area (Å²) in [6, 6.07) is 3.67. The van der Waals surface area contributed by atoms with Gasteiger partial charge in [0.15, 0.2) is 0 Å². The zero-order chi connectivity index (χ0) is 11.6. The molecular weight excluding hydrogens is 198 g/mol. The van der Waals surface area contributed by atoms with Crippen molar-refractivity contribution in [2.75, 3.05) is 13.6 Å². The second-order valence-corrected chi connectivity index (χ2v) is 5.60. The monoisotopic (exact) mass is 221 g/mol. The zero-order valence-corrected chi connectivity index (χ0v) is 10.5. The van der Waals surface area contributed by atoms with Crippen LogP contribution in [0.1, 0.15) is 45.4 Å². The summed E-state index contributed by atoms with van der Waals surface area (Å²) in [7, 11) is 2.15. The summed E-state index contributed by atoms with van der Waals surface area (Å²) in [6.45, 7) is 3.26. The Morgan fingerprint density at radius 1 is 1.38 bits per heavy atom. The van der Waals surface area contributed by atoms with Crippen LogP contribution >= 0.6 is 0 Å². The maximum absolute atomic E-state index is 9.47. The van der Waals surface area contributed by atoms with Crippen LogP contribution in [0.25, 0.3) is 0 Å². The Hall–Kier alpha value is -0.590. The lowest BCUT2D eigenvalue weighted by molar-refractivity contribution is 0.130. The number of piperidine rings is 1. The highest BCUT2D eigenvalue weighted by Gasteiger charge is 2.39. The fourth-order valence-corrected chi connectivity index (χ4v) is 3.08. The topological polar surface area (TPSA) is 39.1 Å². The van der Waals surface area contributed by atoms with Crippen molar-refractivity contribution in [3.63, 3.8) is 0 Å². The molecular formula is C13H23N3. The number of nitrogens with zero attached hydrogens (tertiary/aromatic N) is 2. The molecule has 1 saturated heterocycles. The van der Waals surface area contributed by atoms with E-state index in [9.17, 15) is 5.26 Å². The molecule has 16 heavy (non-hydrogen) atoms. The number of nitriles is 1. The van der Waals surface area contributed by atoms with Gasteiger partial charge >= 0.3 is 0 Å². The average Bonchev–Trinajstić information content (AvgIpc) is 2.76. The van der Waals surface area contributed by atoms with Gasteiger partial charge in [0.05, 0.1) is 6.07 Å². The normalized spacial score (nSPS) is 37.4. The summed E-state index contributed by atoms with van der Waals surface area (Å²) in [4.78, 5) is 2.35. The third-order valence-corrected chi connectivity index (χ3v) is 4.34. The summed E-state index contributed by atoms with van der Waals surface area (Å²) >= 11 is 0. The van der Waals surface area contributed by atoms with E-state index >= 15 is 0 Å². The van der Waals surface area contributed by atoms with E-state index in [1.165, 1.54) is 25.7 Å². The van der Waals surface area contributed by atoms with Crippen molar-refractivity contribution in [2.24, 2.45) is 0 Å². The molecule has 2 atom stereocenters. The standard InChI is InChI=1S/C13H23N3/c1-11-9-13(10-14,7-8-16(11)2)15-12-5-3-4-6-12/h11-12,15H,3-9H2,1-2H3. The van der Waals surface area contributed by atoms with Crippen LogP contribution in [0.15, 0.2) is 0 Å². The first-order chi connectivity index (χ1) is 7.65. The van der Waals surface area contributed by atoms with Gasteiger partial charge in [-0.15, -0.1) is 0 Å². The minimum atomic E-state index is -0.249. The number of hydrogen-bond acceptors (Lipinski definition) is 3. The minimum Gasteiger partial charge on any atom is -0.303 e. The van der Waals surface area contributed by atoms with Gasteiger partial charge in [-0.2, -0.15) is 5.26 Å². The summed E-state index contributed by atoms with van der Waals surface area (Å²) in [6.07, 6.45) is 7.11. The lowest BCUT2D eigenvalue weighted by Gasteiger charge is -2.42. The van der Waals surface area contributed by atoms with Gasteiger partial charge in [0, 0.05) is 18.6 Å². The minimum absolute atomic E-state index is 0.249. The molecule has 3 heteroatoms. The van der Waals surface area contributed by atoms with Crippen molar-refractivity contribution in [1.29, 1.82) is 5.26 Å². The molecule has 0 aromatic rings. The molecule has 90 valence electrons. The van der Waals surface area contributed by atoms with E-state index in [0.717, 1.165) is 19.4 Å². The first-order valence-corrected chi connectivity index (χ1v) is 6.54. The molecule has 0 radical (unpaired) electrons. The average molecular weight is 221 g/mol. The molecule has 1 saturated carbocycles. The largest absolute Gasteiger partial charge is 0.303 e. The quantitative estimate of drug-likeness (QED) is 0.774. The maximum Gasteiger partial charge on any atom is 0.109 e. The first kappa shape index (κ1) is 11.9. The molecule has 0 aromatic carbocycles. The van der Waals surface area contributed by atoms with E-state index in [1.54, 1.807) is 0 Å². The molecule has 1 heterocycles. The van der Waals surface area contributed by atoms with E-state index in [1.807, 2.05) is 0 Å². The van der Waals surface area contributed by atoms with Crippen LogP contribution in [0.4, 0.5) is 0 Å². The Morgan fingerprint density at radius 3 is 2.62 bits per heavy atom. The van der Waals surface area contributed by atoms with Gasteiger partial charge in [-0.25, -0.2) is 0 Å². The van der Waals surface area contributed by atoms with Crippen LogP contribution in [0.2, 0.25) is 0 Å². The fourth-order valence-electron chi connectivity index (χ4n) is 3.08. The zero-order valence-electron chi connectivity index (χ0n) is 10.5. The van der Waals surface area contributed by atoms with Crippen molar-refractivity contribution in [3.8, 4) is 6.07 Å². The highest BCUT2D eigenvalue weighted by molar-refractivity contribution is 5.12. The van der Waals surface area contributed by atoms with Crippen LogP contribution in [-0.4, -0.2) is 36.1 Å². The number of hydrogen-bond donors (Lipinski definition) is 1. The van der Waals surface area contributed by atoms with Crippen LogP contribution in [0, 0.1) is 11.3 Å². The number of likely N-dealkylation sites (tertiary alicyclic amines) is 1. The van der Waals surface area contributed by atoms with Crippen molar-refractivity contribution in [2.45, 2.75) is 63.1 Å². The third kappa shape index (κ3) is 2.39. The van der Waals surface area contributed by atoms with Crippen LogP contribution in [-0.2, 0) is 0 Å². The molecule has 2 fully saturated rings. The number of nitrogens with one attached hydrogen (secondary N) is 1. The second kappa shape index (κ2) is 4.73. The van der Waals surface area contributed by atoms with Crippen LogP contribution in [0.3, 0.4) is 0 Å². The molecule has 1 N–H and O–H groups in total. The van der Waals surface area contributed by atoms with E-state index in [2.05, 4.69) is 30.3 Å². The molecule has 0 amide bonds. The number of rotatable bonds is 2. The molecule has 2 rings (SSSR count). The molecule has 3 nitrogen and oxygen atoms in total. The molecule has 0 spiro atoms. The van der Waals surface area contributed by atoms with E-state index in [4.69, 9.17) is 0 Å². The molecule has 0 bridgehead atoms. The van der Waals surface area contributed by atoms with Gasteiger partial charge in [0.1, 0.15) is 5.54 Å². The molecule has 2 unspecified atom stereocenters. The Labute approximate surface area is 98.8 Å². The molecule has 0 aromatic heterocycles. The SMILES string of the molecule is CC1CC(C#N)(NC2CCCC2)CCN1C. The Kier molecular flexibility index (Phi) is 3.51. The van der Waals surface area contributed by atoms with E-state index < -0.39 is 0 Å². The highest BCUT2D eigenvalue weighted by atomic mass is 15.2. The third-order valence-electron chi connectivity index (χ3n) is 4.34. The summed E-state index contributed by atoms with van der Waals surface area (Å²) in [5.41, 5.74) is -0.249. The summed E-state index contributed by atoms with van der Waals surface area (Å²) in [5.74, 6) is 0. The smallest absolute Gasteiger partial charge is 0.109 e. The predicted octanol–water partition coefficient (Wildman–Crippen LogP) is 1.90. The second-order valence-electron chi connectivity index (χ2n) is 5.60. The van der Waals surface area contributed by atoms with Gasteiger partial charge in [0.2, 0.25) is 0 Å². The molecule has 1 aliphatic heterocycles. The van der Waals surface area contributed by atoms with Crippen LogP contribution < -0.4 is 5.32 Å². The van der Waals surface area contributed by atoms with Crippen molar-refractivity contribution in [1.82, 2.24) is 10.2 Å². The van der Waals surface area contributed by atoms with E-state index in [0.29, 0.717) is 12.1 Å². The highest BCUT2D eigenvalue weighted by Crippen LogP contribution is 2.29. The van der Waals surface area contributed by atoms with Gasteiger partial charge in [-0.1, -0.05) is 12.8 Å². The predicted molar refractivity (Wildman–Crippen MR) is 65.1 cm³/mol. The molecule has 2 aliphatic rings. The van der Waals surface area contributed by atoms with Gasteiger partial charge in [0.25, 0.3) is 0 Å². The van der Waals surface area contributed by atoms with Gasteiger partial charge in [-0.3, -0.25) is 5.32 Å². The van der Waals surface area contributed by atoms with Crippen molar-refractivity contribution in [3.05, 3.63) is 0 Å². The fraction of sp³-hybridized carbons (Fsp3) is 0.923. The van der Waals surface area contributed by atoms with Crippen LogP contribution in [0.5, 0.6) is 0 Å².